The lowest BCUT2D eigenvalue weighted by atomic mass is 10.2. The molecule has 0 saturated heterocycles. The number of benzene rings is 2. The normalized spacial score (nSPS) is 10.2. The van der Waals surface area contributed by atoms with Gasteiger partial charge in [0.1, 0.15) is 6.21 Å². The molecule has 1 N–H and O–H groups in total. The Hall–Kier alpha value is -3.15. The van der Waals surface area contributed by atoms with Crippen LogP contribution in [0.3, 0.4) is 0 Å². The number of rotatable bonds is 4. The average Bonchev–Trinajstić information content (AvgIpc) is 2.57. The molecule has 0 aromatic heterocycles. The number of hydrazone groups is 1. The lowest BCUT2D eigenvalue weighted by Crippen LogP contribution is -2.34. The molecule has 0 spiro atoms. The van der Waals surface area contributed by atoms with Crippen LogP contribution in [-0.2, 0) is 9.53 Å². The van der Waals surface area contributed by atoms with E-state index in [-0.39, 0.29) is 0 Å². The van der Waals surface area contributed by atoms with Crippen LogP contribution < -0.4 is 10.3 Å². The molecular formula is C16H15N3O3. The van der Waals surface area contributed by atoms with Gasteiger partial charge < -0.3 is 4.74 Å². The molecule has 2 aromatic rings. The van der Waals surface area contributed by atoms with E-state index in [0.29, 0.717) is 11.4 Å². The summed E-state index contributed by atoms with van der Waals surface area (Å²) in [4.78, 5) is 24.8. The second kappa shape index (κ2) is 7.58. The van der Waals surface area contributed by atoms with Crippen molar-refractivity contribution in [1.82, 2.24) is 5.43 Å². The van der Waals surface area contributed by atoms with Gasteiger partial charge in [0.25, 0.3) is 0 Å². The Morgan fingerprint density at radius 1 is 1.00 bits per heavy atom. The molecule has 112 valence electrons. The molecule has 6 heteroatoms. The van der Waals surface area contributed by atoms with Crippen LogP contribution in [-0.4, -0.2) is 25.3 Å². The van der Waals surface area contributed by atoms with Gasteiger partial charge in [-0.05, 0) is 24.3 Å². The summed E-state index contributed by atoms with van der Waals surface area (Å²) in [5, 5.41) is 3.57. The molecule has 0 aliphatic carbocycles. The van der Waals surface area contributed by atoms with E-state index < -0.39 is 12.0 Å². The Morgan fingerprint density at radius 3 is 1.95 bits per heavy atom. The van der Waals surface area contributed by atoms with Crippen LogP contribution in [0, 0.1) is 0 Å². The zero-order valence-electron chi connectivity index (χ0n) is 12.0. The third kappa shape index (κ3) is 3.92. The molecule has 0 atom stereocenters. The van der Waals surface area contributed by atoms with Crippen molar-refractivity contribution in [2.24, 2.45) is 5.10 Å². The number of ether oxygens (including phenoxy) is 1. The van der Waals surface area contributed by atoms with E-state index in [2.05, 4.69) is 15.3 Å². The van der Waals surface area contributed by atoms with Gasteiger partial charge in [-0.2, -0.15) is 5.10 Å². The third-order valence-corrected chi connectivity index (χ3v) is 2.76. The Balaban J connectivity index is 2.24. The van der Waals surface area contributed by atoms with Crippen LogP contribution >= 0.6 is 0 Å². The Bertz CT molecular complexity index is 617. The van der Waals surface area contributed by atoms with E-state index in [0.717, 1.165) is 6.21 Å². The van der Waals surface area contributed by atoms with E-state index in [1.54, 1.807) is 24.3 Å². The highest BCUT2D eigenvalue weighted by molar-refractivity contribution is 6.23. The van der Waals surface area contributed by atoms with Crippen LogP contribution in [0.1, 0.15) is 0 Å². The van der Waals surface area contributed by atoms with Crippen LogP contribution in [0.15, 0.2) is 65.8 Å². The molecule has 0 aliphatic rings. The minimum atomic E-state index is -0.647. The fraction of sp³-hybridized carbons (Fsp3) is 0.0625. The molecule has 22 heavy (non-hydrogen) atoms. The summed E-state index contributed by atoms with van der Waals surface area (Å²) in [5.74, 6) is -0.647. The number of urea groups is 1. The minimum absolute atomic E-state index is 0.488. The van der Waals surface area contributed by atoms with E-state index in [4.69, 9.17) is 0 Å². The summed E-state index contributed by atoms with van der Waals surface area (Å²) in [6, 6.07) is 17.8. The molecule has 0 radical (unpaired) electrons. The summed E-state index contributed by atoms with van der Waals surface area (Å²) in [6.07, 6.45) is 0.895. The number of amides is 2. The van der Waals surface area contributed by atoms with Gasteiger partial charge in [-0.15, -0.1) is 0 Å². The molecular weight excluding hydrogens is 282 g/mol. The number of methoxy groups -OCH3 is 1. The van der Waals surface area contributed by atoms with Gasteiger partial charge in [0.15, 0.2) is 0 Å². The number of para-hydroxylation sites is 2. The highest BCUT2D eigenvalue weighted by atomic mass is 16.5. The van der Waals surface area contributed by atoms with Gasteiger partial charge in [-0.25, -0.2) is 15.0 Å². The minimum Gasteiger partial charge on any atom is -0.465 e. The lowest BCUT2D eigenvalue weighted by Gasteiger charge is -2.21. The molecule has 0 unspecified atom stereocenters. The summed E-state index contributed by atoms with van der Waals surface area (Å²) >= 11 is 0. The van der Waals surface area contributed by atoms with Crippen molar-refractivity contribution in [3.8, 4) is 0 Å². The van der Waals surface area contributed by atoms with Crippen LogP contribution in [0.5, 0.6) is 0 Å². The predicted molar refractivity (Wildman–Crippen MR) is 84.1 cm³/mol. The number of nitrogens with zero attached hydrogens (tertiary/aromatic N) is 2. The first-order valence-corrected chi connectivity index (χ1v) is 6.53. The highest BCUT2D eigenvalue weighted by Gasteiger charge is 2.17. The van der Waals surface area contributed by atoms with Crippen molar-refractivity contribution < 1.29 is 14.3 Å². The number of hydrogen-bond donors (Lipinski definition) is 1. The maximum atomic E-state index is 12.4. The van der Waals surface area contributed by atoms with Crippen LogP contribution in [0.25, 0.3) is 0 Å². The second-order valence-electron chi connectivity index (χ2n) is 4.20. The number of anilines is 2. The Labute approximate surface area is 128 Å². The summed E-state index contributed by atoms with van der Waals surface area (Å²) in [6.45, 7) is 0. The number of esters is 1. The topological polar surface area (TPSA) is 71.0 Å². The van der Waals surface area contributed by atoms with Crippen molar-refractivity contribution in [1.29, 1.82) is 0 Å². The standard InChI is InChI=1S/C16H15N3O3/c1-22-15(20)12-17-18-16(21)19(13-8-4-2-5-9-13)14-10-6-3-7-11-14/h2-12H,1H3,(H,18,21)/b17-12+. The highest BCUT2D eigenvalue weighted by Crippen LogP contribution is 2.24. The smallest absolute Gasteiger partial charge is 0.350 e. The number of hydrogen-bond acceptors (Lipinski definition) is 4. The molecule has 2 aromatic carbocycles. The maximum absolute atomic E-state index is 12.4. The first-order valence-electron chi connectivity index (χ1n) is 6.53. The molecule has 0 bridgehead atoms. The summed E-state index contributed by atoms with van der Waals surface area (Å²) in [7, 11) is 1.23. The Kier molecular flexibility index (Phi) is 5.25. The molecule has 0 saturated carbocycles. The third-order valence-electron chi connectivity index (χ3n) is 2.76. The lowest BCUT2D eigenvalue weighted by molar-refractivity contribution is -0.132. The van der Waals surface area contributed by atoms with Crippen LogP contribution in [0.2, 0.25) is 0 Å². The Morgan fingerprint density at radius 2 is 1.50 bits per heavy atom. The van der Waals surface area contributed by atoms with Gasteiger partial charge in [0.05, 0.1) is 18.5 Å². The molecule has 6 nitrogen and oxygen atoms in total. The van der Waals surface area contributed by atoms with Gasteiger partial charge in [-0.1, -0.05) is 36.4 Å². The molecule has 0 aliphatic heterocycles. The van der Waals surface area contributed by atoms with Crippen LogP contribution in [0.4, 0.5) is 16.2 Å². The van der Waals surface area contributed by atoms with Crippen molar-refractivity contribution >= 4 is 29.6 Å². The first kappa shape index (κ1) is 15.2. The van der Waals surface area contributed by atoms with Gasteiger partial charge in [-0.3, -0.25) is 4.90 Å². The molecule has 0 heterocycles. The zero-order chi connectivity index (χ0) is 15.8. The first-order chi connectivity index (χ1) is 10.7. The largest absolute Gasteiger partial charge is 0.465 e. The van der Waals surface area contributed by atoms with E-state index >= 15 is 0 Å². The molecule has 2 rings (SSSR count). The van der Waals surface area contributed by atoms with Crippen molar-refractivity contribution in [3.05, 3.63) is 60.7 Å². The predicted octanol–water partition coefficient (Wildman–Crippen LogP) is 2.69. The fourth-order valence-corrected chi connectivity index (χ4v) is 1.78. The van der Waals surface area contributed by atoms with E-state index in [9.17, 15) is 9.59 Å². The van der Waals surface area contributed by atoms with Gasteiger partial charge >= 0.3 is 12.0 Å². The zero-order valence-corrected chi connectivity index (χ0v) is 12.0. The molecule has 0 fully saturated rings. The van der Waals surface area contributed by atoms with Crippen molar-refractivity contribution in [2.75, 3.05) is 12.0 Å². The fourth-order valence-electron chi connectivity index (χ4n) is 1.78. The SMILES string of the molecule is COC(=O)/C=N/NC(=O)N(c1ccccc1)c1ccccc1. The van der Waals surface area contributed by atoms with Crippen molar-refractivity contribution in [2.45, 2.75) is 0 Å². The number of nitrogens with one attached hydrogen (secondary N) is 1. The summed E-state index contributed by atoms with van der Waals surface area (Å²) < 4.78 is 4.41. The second-order valence-corrected chi connectivity index (χ2v) is 4.20. The monoisotopic (exact) mass is 297 g/mol. The average molecular weight is 297 g/mol. The van der Waals surface area contributed by atoms with E-state index in [1.165, 1.54) is 12.0 Å². The van der Waals surface area contributed by atoms with Gasteiger partial charge in [0, 0.05) is 0 Å². The van der Waals surface area contributed by atoms with Crippen molar-refractivity contribution in [3.63, 3.8) is 0 Å². The quantitative estimate of drug-likeness (QED) is 0.536. The van der Waals surface area contributed by atoms with E-state index in [1.807, 2.05) is 36.4 Å². The van der Waals surface area contributed by atoms with Gasteiger partial charge in [0.2, 0.25) is 0 Å². The number of carbonyl (C=O) groups is 2. The maximum Gasteiger partial charge on any atom is 0.350 e. The summed E-state index contributed by atoms with van der Waals surface area (Å²) in [5.41, 5.74) is 3.66. The molecule has 2 amide bonds. The number of carbonyl (C=O) groups excluding carboxylic acids is 2.